The van der Waals surface area contributed by atoms with Crippen molar-refractivity contribution < 1.29 is 44.0 Å². The second kappa shape index (κ2) is 20.9. The van der Waals surface area contributed by atoms with Gasteiger partial charge >= 0.3 is 17.9 Å². The number of nitrogens with one attached hydrogen (secondary N) is 1. The third-order valence-corrected chi connectivity index (χ3v) is 8.30. The van der Waals surface area contributed by atoms with Gasteiger partial charge in [-0.05, 0) is 55.5 Å². The Hall–Kier alpha value is -4.47. The number of carbonyl (C=O) groups is 5. The molecule has 0 amide bonds. The van der Waals surface area contributed by atoms with E-state index in [2.05, 4.69) is 4.98 Å². The monoisotopic (exact) mass is 695 g/mol. The zero-order chi connectivity index (χ0) is 36.5. The second-order valence-electron chi connectivity index (χ2n) is 12.6. The number of aromatic nitrogens is 1. The number of hydrogen-bond acceptors (Lipinski definition) is 10. The van der Waals surface area contributed by atoms with E-state index in [1.54, 1.807) is 16.8 Å². The molecule has 0 fully saturated rings. The van der Waals surface area contributed by atoms with Crippen LogP contribution in [0.1, 0.15) is 29.5 Å². The average molecular weight is 696 g/mol. The fourth-order valence-electron chi connectivity index (χ4n) is 5.57. The number of ether oxygens (including phenoxy) is 1. The number of nitrogens with two attached hydrogens (primary N) is 1. The van der Waals surface area contributed by atoms with Crippen LogP contribution < -0.4 is 5.73 Å². The highest BCUT2D eigenvalue weighted by atomic mass is 16.5. The van der Waals surface area contributed by atoms with Crippen molar-refractivity contribution in [3.8, 4) is 0 Å². The third kappa shape index (κ3) is 15.0. The van der Waals surface area contributed by atoms with Crippen LogP contribution in [0.2, 0.25) is 0 Å². The molecule has 0 radical (unpaired) electrons. The van der Waals surface area contributed by atoms with Gasteiger partial charge in [0.25, 0.3) is 0 Å². The quantitative estimate of drug-likeness (QED) is 0.0757. The van der Waals surface area contributed by atoms with E-state index >= 15 is 0 Å². The number of benzene rings is 2. The lowest BCUT2D eigenvalue weighted by atomic mass is 10.0. The van der Waals surface area contributed by atoms with Gasteiger partial charge in [-0.25, -0.2) is 0 Å². The highest BCUT2D eigenvalue weighted by Gasteiger charge is 2.19. The van der Waals surface area contributed by atoms with Crippen LogP contribution in [0.3, 0.4) is 0 Å². The number of carboxylic acid groups (broad SMARTS) is 3. The van der Waals surface area contributed by atoms with Crippen LogP contribution in [-0.4, -0.2) is 143 Å². The highest BCUT2D eigenvalue weighted by molar-refractivity contribution is 5.87. The van der Waals surface area contributed by atoms with Crippen molar-refractivity contribution in [1.82, 2.24) is 19.7 Å². The van der Waals surface area contributed by atoms with Crippen LogP contribution in [0.4, 0.5) is 0 Å². The summed E-state index contributed by atoms with van der Waals surface area (Å²) in [6, 6.07) is 15.2. The first kappa shape index (κ1) is 40.0. The number of hydrogen-bond donors (Lipinski definition) is 5. The number of fused-ring (bicyclic) bond motifs is 1. The Kier molecular flexibility index (Phi) is 16.7. The Bertz CT molecular complexity index is 1540. The second-order valence-corrected chi connectivity index (χ2v) is 12.6. The number of aliphatic carboxylic acids is 3. The topological polar surface area (TPSA) is 207 Å². The summed E-state index contributed by atoms with van der Waals surface area (Å²) in [5, 5.41) is 28.4. The summed E-state index contributed by atoms with van der Waals surface area (Å²) < 4.78 is 5.61. The van der Waals surface area contributed by atoms with Crippen molar-refractivity contribution in [2.24, 2.45) is 5.73 Å². The summed E-state index contributed by atoms with van der Waals surface area (Å²) >= 11 is 0. The molecule has 0 aliphatic heterocycles. The molecule has 0 aliphatic carbocycles. The number of aromatic amines is 1. The van der Waals surface area contributed by atoms with Crippen LogP contribution in [-0.2, 0) is 48.0 Å². The number of para-hydroxylation sites is 1. The van der Waals surface area contributed by atoms with Gasteiger partial charge in [0, 0.05) is 56.3 Å². The molecule has 2 aromatic carbocycles. The number of rotatable bonds is 26. The fourth-order valence-corrected chi connectivity index (χ4v) is 5.57. The molecule has 0 spiro atoms. The molecular formula is C36H49N5O9. The van der Waals surface area contributed by atoms with Crippen LogP contribution in [0, 0.1) is 0 Å². The summed E-state index contributed by atoms with van der Waals surface area (Å²) in [4.78, 5) is 66.7. The Balaban J connectivity index is 1.39. The van der Waals surface area contributed by atoms with E-state index in [-0.39, 0.29) is 50.8 Å². The molecule has 0 aliphatic rings. The van der Waals surface area contributed by atoms with Gasteiger partial charge in [0.2, 0.25) is 0 Å². The minimum atomic E-state index is -1.15. The van der Waals surface area contributed by atoms with Crippen molar-refractivity contribution in [3.63, 3.8) is 0 Å². The van der Waals surface area contributed by atoms with E-state index < -0.39 is 37.0 Å². The summed E-state index contributed by atoms with van der Waals surface area (Å²) in [6.45, 7) is 0.487. The van der Waals surface area contributed by atoms with E-state index in [1.807, 2.05) is 54.7 Å². The van der Waals surface area contributed by atoms with Crippen molar-refractivity contribution in [3.05, 3.63) is 71.4 Å². The average Bonchev–Trinajstić information content (AvgIpc) is 3.46. The number of carboxylic acids is 3. The van der Waals surface area contributed by atoms with Gasteiger partial charge in [0.1, 0.15) is 12.4 Å². The standard InChI is InChI=1S/C36H49N5O9/c1-39(22-34(44)45)14-15-40(16-17-41(23-35(46)47)24-36(48)49)21-29(42)13-12-27-10-8-26(9-11-27)5-4-18-50-25-33(43)31(37)19-28-20-38-32-7-3-2-6-30(28)32/h2-3,6-11,20,31,38H,4-5,12-19,21-25,37H2,1H3,(H,44,45)(H,46,47)(H,48,49)/t31-/m1/s1. The van der Waals surface area contributed by atoms with Gasteiger partial charge in [-0.1, -0.05) is 42.5 Å². The molecule has 6 N–H and O–H groups in total. The van der Waals surface area contributed by atoms with Crippen LogP contribution in [0.25, 0.3) is 10.9 Å². The van der Waals surface area contributed by atoms with E-state index in [0.29, 0.717) is 32.5 Å². The van der Waals surface area contributed by atoms with E-state index in [4.69, 9.17) is 25.8 Å². The Morgan fingerprint density at radius 2 is 1.38 bits per heavy atom. The third-order valence-electron chi connectivity index (χ3n) is 8.30. The largest absolute Gasteiger partial charge is 0.480 e. The van der Waals surface area contributed by atoms with Gasteiger partial charge in [-0.2, -0.15) is 0 Å². The van der Waals surface area contributed by atoms with Crippen molar-refractivity contribution >= 4 is 40.4 Å². The first-order valence-electron chi connectivity index (χ1n) is 16.7. The van der Waals surface area contributed by atoms with E-state index in [9.17, 15) is 24.0 Å². The molecule has 0 saturated heterocycles. The number of aryl methyl sites for hydroxylation is 2. The predicted octanol–water partition coefficient (Wildman–Crippen LogP) is 1.55. The zero-order valence-electron chi connectivity index (χ0n) is 28.6. The molecular weight excluding hydrogens is 646 g/mol. The lowest BCUT2D eigenvalue weighted by Crippen LogP contribution is -2.44. The number of likely N-dealkylation sites (N-methyl/N-ethyl adjacent to an activating group) is 1. The molecule has 0 saturated carbocycles. The van der Waals surface area contributed by atoms with Crippen LogP contribution in [0.15, 0.2) is 54.7 Å². The molecule has 1 heterocycles. The lowest BCUT2D eigenvalue weighted by molar-refractivity contribution is -0.142. The minimum absolute atomic E-state index is 0.0319. The molecule has 14 heteroatoms. The first-order valence-corrected chi connectivity index (χ1v) is 16.7. The minimum Gasteiger partial charge on any atom is -0.480 e. The highest BCUT2D eigenvalue weighted by Crippen LogP contribution is 2.19. The maximum Gasteiger partial charge on any atom is 0.317 e. The smallest absolute Gasteiger partial charge is 0.317 e. The number of Topliss-reactive ketones (excluding diaryl/α,β-unsaturated/α-hetero) is 2. The van der Waals surface area contributed by atoms with Crippen molar-refractivity contribution in [2.45, 2.75) is 38.1 Å². The normalized spacial score (nSPS) is 12.2. The number of nitrogens with zero attached hydrogens (tertiary/aromatic N) is 3. The zero-order valence-corrected chi connectivity index (χ0v) is 28.6. The molecule has 1 atom stereocenters. The molecule has 14 nitrogen and oxygen atoms in total. The molecule has 272 valence electrons. The van der Waals surface area contributed by atoms with E-state index in [1.165, 1.54) is 4.90 Å². The predicted molar refractivity (Wildman–Crippen MR) is 187 cm³/mol. The summed E-state index contributed by atoms with van der Waals surface area (Å²) in [5.74, 6) is -3.46. The van der Waals surface area contributed by atoms with Crippen LogP contribution >= 0.6 is 0 Å². The molecule has 0 bridgehead atoms. The van der Waals surface area contributed by atoms with Gasteiger partial charge in [-0.3, -0.25) is 38.7 Å². The van der Waals surface area contributed by atoms with Crippen LogP contribution in [0.5, 0.6) is 0 Å². The van der Waals surface area contributed by atoms with Gasteiger partial charge in [0.05, 0.1) is 32.2 Å². The van der Waals surface area contributed by atoms with Crippen molar-refractivity contribution in [1.29, 1.82) is 0 Å². The fraction of sp³-hybridized carbons (Fsp3) is 0.472. The summed E-state index contributed by atoms with van der Waals surface area (Å²) in [6.07, 6.45) is 4.63. The number of H-pyrrole nitrogens is 1. The molecule has 1 aromatic heterocycles. The number of ketones is 2. The van der Waals surface area contributed by atoms with Gasteiger partial charge in [-0.15, -0.1) is 0 Å². The lowest BCUT2D eigenvalue weighted by Gasteiger charge is -2.27. The Morgan fingerprint density at radius 3 is 2.04 bits per heavy atom. The SMILES string of the molecule is CN(CCN(CCN(CC(=O)O)CC(=O)O)CC(=O)CCc1ccc(CCCOCC(=O)[C@H](N)Cc2c[nH]c3ccccc23)cc1)CC(=O)O. The maximum atomic E-state index is 12.9. The van der Waals surface area contributed by atoms with E-state index in [0.717, 1.165) is 40.4 Å². The first-order chi connectivity index (χ1) is 23.9. The molecule has 0 unspecified atom stereocenters. The number of carbonyl (C=O) groups excluding carboxylic acids is 2. The Labute approximate surface area is 291 Å². The van der Waals surface area contributed by atoms with Gasteiger partial charge in [0.15, 0.2) is 5.78 Å². The van der Waals surface area contributed by atoms with Crippen molar-refractivity contribution in [2.75, 3.05) is 72.6 Å². The molecule has 50 heavy (non-hydrogen) atoms. The Morgan fingerprint density at radius 1 is 0.780 bits per heavy atom. The summed E-state index contributed by atoms with van der Waals surface area (Å²) in [7, 11) is 1.65. The van der Waals surface area contributed by atoms with Gasteiger partial charge < -0.3 is 30.8 Å². The maximum absolute atomic E-state index is 12.9. The summed E-state index contributed by atoms with van der Waals surface area (Å²) in [5.41, 5.74) is 10.3. The molecule has 3 aromatic rings. The molecule has 3 rings (SSSR count).